The van der Waals surface area contributed by atoms with E-state index in [2.05, 4.69) is 37.9 Å². The third-order valence-electron chi connectivity index (χ3n) is 5.33. The number of nitrogens with two attached hydrogens (primary N) is 1. The van der Waals surface area contributed by atoms with Gasteiger partial charge >= 0.3 is 0 Å². The van der Waals surface area contributed by atoms with Crippen LogP contribution >= 0.6 is 0 Å². The predicted molar refractivity (Wildman–Crippen MR) is 101 cm³/mol. The predicted octanol–water partition coefficient (Wildman–Crippen LogP) is 3.15. The highest BCUT2D eigenvalue weighted by molar-refractivity contribution is 5.91. The van der Waals surface area contributed by atoms with Gasteiger partial charge < -0.3 is 11.1 Å². The number of hydrogen-bond acceptors (Lipinski definition) is 3. The van der Waals surface area contributed by atoms with Crippen molar-refractivity contribution < 1.29 is 9.59 Å². The molecule has 1 fully saturated rings. The summed E-state index contributed by atoms with van der Waals surface area (Å²) in [6, 6.07) is 7.59. The molecule has 0 bridgehead atoms. The molecule has 1 saturated heterocycles. The van der Waals surface area contributed by atoms with Gasteiger partial charge in [0, 0.05) is 18.7 Å². The molecule has 1 aliphatic rings. The molecule has 1 aliphatic heterocycles. The van der Waals surface area contributed by atoms with Crippen LogP contribution in [0.5, 0.6) is 0 Å². The number of benzene rings is 1. The third-order valence-corrected chi connectivity index (χ3v) is 5.33. The van der Waals surface area contributed by atoms with Crippen molar-refractivity contribution >= 4 is 17.5 Å². The van der Waals surface area contributed by atoms with Crippen molar-refractivity contribution in [3.8, 4) is 0 Å². The van der Waals surface area contributed by atoms with E-state index in [1.807, 2.05) is 24.3 Å². The van der Waals surface area contributed by atoms with Gasteiger partial charge in [0.25, 0.3) is 0 Å². The first-order valence-electron chi connectivity index (χ1n) is 9.09. The van der Waals surface area contributed by atoms with Gasteiger partial charge in [-0.1, -0.05) is 45.9 Å². The molecular formula is C20H31N3O2. The van der Waals surface area contributed by atoms with Crippen molar-refractivity contribution in [2.75, 3.05) is 11.9 Å². The highest BCUT2D eigenvalue weighted by Gasteiger charge is 2.29. The van der Waals surface area contributed by atoms with Crippen molar-refractivity contribution in [1.82, 2.24) is 4.90 Å². The molecule has 0 unspecified atom stereocenters. The Kier molecular flexibility index (Phi) is 6.22. The van der Waals surface area contributed by atoms with E-state index in [1.54, 1.807) is 0 Å². The summed E-state index contributed by atoms with van der Waals surface area (Å²) in [7, 11) is 0. The molecule has 25 heavy (non-hydrogen) atoms. The fourth-order valence-electron chi connectivity index (χ4n) is 3.12. The maximum absolute atomic E-state index is 12.4. The number of carbonyl (C=O) groups excluding carboxylic acids is 2. The first kappa shape index (κ1) is 19.4. The quantitative estimate of drug-likeness (QED) is 0.831. The second-order valence-corrected chi connectivity index (χ2v) is 8.21. The minimum atomic E-state index is -0.266. The molecule has 5 nitrogen and oxygen atoms in total. The van der Waals surface area contributed by atoms with Crippen molar-refractivity contribution in [2.45, 2.75) is 59.5 Å². The summed E-state index contributed by atoms with van der Waals surface area (Å²) in [4.78, 5) is 26.1. The van der Waals surface area contributed by atoms with Crippen LogP contribution in [0.1, 0.15) is 52.5 Å². The van der Waals surface area contributed by atoms with E-state index in [0.29, 0.717) is 13.0 Å². The smallest absolute Gasteiger partial charge is 0.234 e. The van der Waals surface area contributed by atoms with Crippen LogP contribution in [0, 0.1) is 11.3 Å². The van der Waals surface area contributed by atoms with Crippen molar-refractivity contribution in [3.05, 3.63) is 29.8 Å². The lowest BCUT2D eigenvalue weighted by Crippen LogP contribution is -2.39. The van der Waals surface area contributed by atoms with Crippen LogP contribution < -0.4 is 11.1 Å². The van der Waals surface area contributed by atoms with Crippen molar-refractivity contribution in [3.63, 3.8) is 0 Å². The minimum Gasteiger partial charge on any atom is -0.368 e. The van der Waals surface area contributed by atoms with Gasteiger partial charge in [-0.05, 0) is 42.3 Å². The van der Waals surface area contributed by atoms with Gasteiger partial charge in [0.15, 0.2) is 0 Å². The molecule has 2 amide bonds. The summed E-state index contributed by atoms with van der Waals surface area (Å²) in [5, 5.41) is 3.05. The van der Waals surface area contributed by atoms with Gasteiger partial charge in [-0.15, -0.1) is 0 Å². The van der Waals surface area contributed by atoms with E-state index in [0.717, 1.165) is 30.6 Å². The molecule has 3 N–H and O–H groups in total. The lowest BCUT2D eigenvalue weighted by molar-refractivity contribution is -0.122. The number of rotatable bonds is 6. The molecule has 0 saturated carbocycles. The SMILES string of the molecule is C[C@@H](CC(=O)Nc1ccccc1CN1CCC[C@@H]1C(N)=O)C(C)(C)C. The molecule has 0 spiro atoms. The lowest BCUT2D eigenvalue weighted by Gasteiger charge is -2.27. The van der Waals surface area contributed by atoms with Gasteiger partial charge in [-0.3, -0.25) is 14.5 Å². The second-order valence-electron chi connectivity index (χ2n) is 8.21. The van der Waals surface area contributed by atoms with Gasteiger partial charge in [0.1, 0.15) is 0 Å². The molecule has 138 valence electrons. The number of primary amides is 1. The largest absolute Gasteiger partial charge is 0.368 e. The van der Waals surface area contributed by atoms with E-state index in [1.165, 1.54) is 0 Å². The molecule has 0 aromatic heterocycles. The summed E-state index contributed by atoms with van der Waals surface area (Å²) in [6.45, 7) is 10.0. The molecule has 1 aromatic carbocycles. The maximum atomic E-state index is 12.4. The van der Waals surface area contributed by atoms with E-state index in [-0.39, 0.29) is 29.2 Å². The van der Waals surface area contributed by atoms with Crippen molar-refractivity contribution in [2.24, 2.45) is 17.1 Å². The van der Waals surface area contributed by atoms with Gasteiger partial charge in [-0.25, -0.2) is 0 Å². The summed E-state index contributed by atoms with van der Waals surface area (Å²) >= 11 is 0. The van der Waals surface area contributed by atoms with Crippen LogP contribution in [-0.2, 0) is 16.1 Å². The number of para-hydroxylation sites is 1. The zero-order valence-electron chi connectivity index (χ0n) is 15.8. The molecular weight excluding hydrogens is 314 g/mol. The Labute approximate surface area is 151 Å². The summed E-state index contributed by atoms with van der Waals surface area (Å²) in [5.41, 5.74) is 7.45. The number of hydrogen-bond donors (Lipinski definition) is 2. The first-order chi connectivity index (χ1) is 11.7. The summed E-state index contributed by atoms with van der Waals surface area (Å²) in [5.74, 6) is 0.0539. The number of nitrogens with one attached hydrogen (secondary N) is 1. The average molecular weight is 345 g/mol. The van der Waals surface area contributed by atoms with Crippen LogP contribution in [0.15, 0.2) is 24.3 Å². The van der Waals surface area contributed by atoms with Crippen LogP contribution in [0.4, 0.5) is 5.69 Å². The van der Waals surface area contributed by atoms with Crippen molar-refractivity contribution in [1.29, 1.82) is 0 Å². The molecule has 5 heteroatoms. The van der Waals surface area contributed by atoms with E-state index < -0.39 is 0 Å². The van der Waals surface area contributed by atoms with Gasteiger partial charge in [0.05, 0.1) is 6.04 Å². The fraction of sp³-hybridized carbons (Fsp3) is 0.600. The van der Waals surface area contributed by atoms with Crippen LogP contribution in [0.3, 0.4) is 0 Å². The number of carbonyl (C=O) groups is 2. The van der Waals surface area contributed by atoms with Gasteiger partial charge in [0.2, 0.25) is 11.8 Å². The first-order valence-corrected chi connectivity index (χ1v) is 9.09. The third kappa shape index (κ3) is 5.30. The molecule has 0 radical (unpaired) electrons. The van der Waals surface area contributed by atoms with Gasteiger partial charge in [-0.2, -0.15) is 0 Å². The Morgan fingerprint density at radius 3 is 2.64 bits per heavy atom. The maximum Gasteiger partial charge on any atom is 0.234 e. The van der Waals surface area contributed by atoms with E-state index in [9.17, 15) is 9.59 Å². The molecule has 0 aliphatic carbocycles. The number of amides is 2. The summed E-state index contributed by atoms with van der Waals surface area (Å²) < 4.78 is 0. The lowest BCUT2D eigenvalue weighted by atomic mass is 9.80. The molecule has 2 atom stereocenters. The monoisotopic (exact) mass is 345 g/mol. The summed E-state index contributed by atoms with van der Waals surface area (Å²) in [6.07, 6.45) is 2.28. The number of likely N-dealkylation sites (tertiary alicyclic amines) is 1. The van der Waals surface area contributed by atoms with Crippen LogP contribution in [0.25, 0.3) is 0 Å². The Balaban J connectivity index is 2.05. The molecule has 1 heterocycles. The molecule has 1 aromatic rings. The second kappa shape index (κ2) is 8.00. The topological polar surface area (TPSA) is 75.4 Å². The minimum absolute atomic E-state index is 0.0303. The number of anilines is 1. The number of nitrogens with zero attached hydrogens (tertiary/aromatic N) is 1. The average Bonchev–Trinajstić information content (AvgIpc) is 2.96. The Bertz CT molecular complexity index is 622. The highest BCUT2D eigenvalue weighted by atomic mass is 16.2. The molecule has 2 rings (SSSR count). The highest BCUT2D eigenvalue weighted by Crippen LogP contribution is 2.29. The Hall–Kier alpha value is -1.88. The Morgan fingerprint density at radius 2 is 2.00 bits per heavy atom. The Morgan fingerprint density at radius 1 is 1.32 bits per heavy atom. The fourth-order valence-corrected chi connectivity index (χ4v) is 3.12. The van der Waals surface area contributed by atoms with Crippen LogP contribution in [-0.4, -0.2) is 29.3 Å². The normalized spacial score (nSPS) is 19.6. The van der Waals surface area contributed by atoms with Crippen LogP contribution in [0.2, 0.25) is 0 Å². The standard InChI is InChI=1S/C20H31N3O2/c1-14(20(2,3)4)12-18(24)22-16-9-6-5-8-15(16)13-23-11-7-10-17(23)19(21)25/h5-6,8-9,14,17H,7,10-13H2,1-4H3,(H2,21,25)(H,22,24)/t14-,17+/m0/s1. The van der Waals surface area contributed by atoms with E-state index >= 15 is 0 Å². The van der Waals surface area contributed by atoms with E-state index in [4.69, 9.17) is 5.73 Å². The zero-order valence-corrected chi connectivity index (χ0v) is 15.8. The zero-order chi connectivity index (χ0) is 18.6.